The van der Waals surface area contributed by atoms with Crippen molar-refractivity contribution in [3.63, 3.8) is 0 Å². The van der Waals surface area contributed by atoms with E-state index in [9.17, 15) is 9.59 Å². The Hall–Kier alpha value is -2.50. The van der Waals surface area contributed by atoms with Gasteiger partial charge in [-0.05, 0) is 23.8 Å². The molecular formula is C15H17N3O3. The van der Waals surface area contributed by atoms with E-state index < -0.39 is 0 Å². The third kappa shape index (κ3) is 2.99. The quantitative estimate of drug-likeness (QED) is 0.920. The Balaban J connectivity index is 1.53. The van der Waals surface area contributed by atoms with Crippen molar-refractivity contribution in [3.8, 4) is 0 Å². The van der Waals surface area contributed by atoms with Gasteiger partial charge in [-0.2, -0.15) is 0 Å². The summed E-state index contributed by atoms with van der Waals surface area (Å²) in [7, 11) is 0. The Morgan fingerprint density at radius 1 is 1.14 bits per heavy atom. The van der Waals surface area contributed by atoms with E-state index in [4.69, 9.17) is 4.42 Å². The summed E-state index contributed by atoms with van der Waals surface area (Å²) < 4.78 is 5.12. The van der Waals surface area contributed by atoms with Gasteiger partial charge in [-0.15, -0.1) is 0 Å². The van der Waals surface area contributed by atoms with Crippen LogP contribution in [0.1, 0.15) is 16.1 Å². The zero-order chi connectivity index (χ0) is 14.7. The Morgan fingerprint density at radius 3 is 2.52 bits per heavy atom. The number of nitrogens with one attached hydrogen (secondary N) is 1. The molecule has 0 aromatic carbocycles. The lowest BCUT2D eigenvalue weighted by molar-refractivity contribution is -0.131. The summed E-state index contributed by atoms with van der Waals surface area (Å²) in [5.74, 6) is 0.333. The van der Waals surface area contributed by atoms with Gasteiger partial charge in [0.2, 0.25) is 5.91 Å². The molecule has 0 saturated carbocycles. The largest absolute Gasteiger partial charge is 0.459 e. The molecule has 0 spiro atoms. The van der Waals surface area contributed by atoms with Gasteiger partial charge in [0.25, 0.3) is 5.91 Å². The van der Waals surface area contributed by atoms with E-state index in [2.05, 4.69) is 4.98 Å². The highest BCUT2D eigenvalue weighted by atomic mass is 16.3. The molecule has 1 N–H and O–H groups in total. The molecule has 0 bridgehead atoms. The molecular weight excluding hydrogens is 270 g/mol. The Morgan fingerprint density at radius 2 is 1.90 bits per heavy atom. The van der Waals surface area contributed by atoms with Crippen molar-refractivity contribution in [1.29, 1.82) is 0 Å². The summed E-state index contributed by atoms with van der Waals surface area (Å²) in [5.41, 5.74) is 0.981. The minimum atomic E-state index is -0.113. The summed E-state index contributed by atoms with van der Waals surface area (Å²) in [5, 5.41) is 0. The van der Waals surface area contributed by atoms with E-state index in [0.717, 1.165) is 5.56 Å². The average molecular weight is 287 g/mol. The van der Waals surface area contributed by atoms with E-state index in [1.165, 1.54) is 6.26 Å². The summed E-state index contributed by atoms with van der Waals surface area (Å²) in [6, 6.07) is 5.25. The normalized spacial score (nSPS) is 15.2. The van der Waals surface area contributed by atoms with Crippen LogP contribution in [-0.4, -0.2) is 52.8 Å². The molecule has 0 atom stereocenters. The molecule has 6 heteroatoms. The number of rotatable bonds is 3. The van der Waals surface area contributed by atoms with Crippen molar-refractivity contribution in [1.82, 2.24) is 14.8 Å². The number of hydrogen-bond acceptors (Lipinski definition) is 3. The first-order valence-electron chi connectivity index (χ1n) is 6.96. The molecule has 110 valence electrons. The van der Waals surface area contributed by atoms with Gasteiger partial charge in [0.1, 0.15) is 0 Å². The number of hydrogen-bond donors (Lipinski definition) is 1. The number of carbonyl (C=O) groups is 2. The van der Waals surface area contributed by atoms with E-state index in [-0.39, 0.29) is 11.8 Å². The highest BCUT2D eigenvalue weighted by molar-refractivity contribution is 5.91. The first-order valence-corrected chi connectivity index (χ1v) is 6.96. The van der Waals surface area contributed by atoms with Crippen molar-refractivity contribution in [2.24, 2.45) is 0 Å². The fourth-order valence-corrected chi connectivity index (χ4v) is 2.47. The minimum Gasteiger partial charge on any atom is -0.459 e. The molecule has 1 fully saturated rings. The molecule has 3 heterocycles. The second-order valence-electron chi connectivity index (χ2n) is 5.05. The smallest absolute Gasteiger partial charge is 0.289 e. The van der Waals surface area contributed by atoms with E-state index in [1.54, 1.807) is 21.9 Å². The molecule has 0 radical (unpaired) electrons. The lowest BCUT2D eigenvalue weighted by atomic mass is 10.2. The van der Waals surface area contributed by atoms with Gasteiger partial charge in [-0.3, -0.25) is 9.59 Å². The fraction of sp³-hybridized carbons (Fsp3) is 0.333. The molecule has 1 aliphatic rings. The molecule has 1 saturated heterocycles. The molecule has 2 amide bonds. The average Bonchev–Trinajstić information content (AvgIpc) is 3.20. The van der Waals surface area contributed by atoms with Gasteiger partial charge in [0.05, 0.1) is 12.7 Å². The van der Waals surface area contributed by atoms with Gasteiger partial charge in [0.15, 0.2) is 5.76 Å². The van der Waals surface area contributed by atoms with Crippen LogP contribution in [-0.2, 0) is 11.2 Å². The maximum absolute atomic E-state index is 12.2. The van der Waals surface area contributed by atoms with E-state index >= 15 is 0 Å². The standard InChI is InChI=1S/C15H17N3O3/c19-14(10-12-3-4-16-11-12)17-5-7-18(8-6-17)15(20)13-2-1-9-21-13/h1-4,9,11,16H,5-8,10H2. The number of aromatic nitrogens is 1. The number of piperazine rings is 1. The van der Waals surface area contributed by atoms with Crippen LogP contribution in [0.25, 0.3) is 0 Å². The highest BCUT2D eigenvalue weighted by Gasteiger charge is 2.25. The fourth-order valence-electron chi connectivity index (χ4n) is 2.47. The number of aromatic amines is 1. The topological polar surface area (TPSA) is 69.6 Å². The van der Waals surface area contributed by atoms with Crippen molar-refractivity contribution < 1.29 is 14.0 Å². The maximum atomic E-state index is 12.2. The van der Waals surface area contributed by atoms with Crippen molar-refractivity contribution in [2.75, 3.05) is 26.2 Å². The van der Waals surface area contributed by atoms with Crippen LogP contribution < -0.4 is 0 Å². The number of furan rings is 1. The monoisotopic (exact) mass is 287 g/mol. The van der Waals surface area contributed by atoms with Crippen LogP contribution in [0.2, 0.25) is 0 Å². The van der Waals surface area contributed by atoms with Crippen LogP contribution in [0.5, 0.6) is 0 Å². The summed E-state index contributed by atoms with van der Waals surface area (Å²) in [6.07, 6.45) is 5.52. The first kappa shape index (κ1) is 13.5. The van der Waals surface area contributed by atoms with Gasteiger partial charge < -0.3 is 19.2 Å². The van der Waals surface area contributed by atoms with Crippen LogP contribution in [0.3, 0.4) is 0 Å². The number of carbonyl (C=O) groups excluding carboxylic acids is 2. The zero-order valence-electron chi connectivity index (χ0n) is 11.6. The third-order valence-electron chi connectivity index (χ3n) is 3.67. The lowest BCUT2D eigenvalue weighted by Gasteiger charge is -2.34. The van der Waals surface area contributed by atoms with Crippen LogP contribution in [0.4, 0.5) is 0 Å². The minimum absolute atomic E-state index is 0.0969. The predicted octanol–water partition coefficient (Wildman–Crippen LogP) is 1.13. The summed E-state index contributed by atoms with van der Waals surface area (Å²) in [4.78, 5) is 30.7. The Kier molecular flexibility index (Phi) is 3.77. The number of H-pyrrole nitrogens is 1. The summed E-state index contributed by atoms with van der Waals surface area (Å²) in [6.45, 7) is 2.21. The van der Waals surface area contributed by atoms with Crippen molar-refractivity contribution in [2.45, 2.75) is 6.42 Å². The second-order valence-corrected chi connectivity index (χ2v) is 5.05. The third-order valence-corrected chi connectivity index (χ3v) is 3.67. The van der Waals surface area contributed by atoms with Gasteiger partial charge in [-0.25, -0.2) is 0 Å². The molecule has 0 unspecified atom stereocenters. The van der Waals surface area contributed by atoms with Gasteiger partial charge in [-0.1, -0.05) is 0 Å². The van der Waals surface area contributed by atoms with E-state index in [0.29, 0.717) is 38.4 Å². The Labute approximate surface area is 122 Å². The zero-order valence-corrected chi connectivity index (χ0v) is 11.6. The Bertz CT molecular complexity index is 596. The molecule has 21 heavy (non-hydrogen) atoms. The van der Waals surface area contributed by atoms with Crippen molar-refractivity contribution in [3.05, 3.63) is 48.2 Å². The SMILES string of the molecule is O=C(Cc1cc[nH]c1)N1CCN(C(=O)c2ccco2)CC1. The molecule has 0 aliphatic carbocycles. The van der Waals surface area contributed by atoms with Crippen LogP contribution >= 0.6 is 0 Å². The van der Waals surface area contributed by atoms with Crippen molar-refractivity contribution >= 4 is 11.8 Å². The molecule has 6 nitrogen and oxygen atoms in total. The molecule has 1 aliphatic heterocycles. The molecule has 2 aromatic rings. The van der Waals surface area contributed by atoms with Crippen LogP contribution in [0.15, 0.2) is 41.3 Å². The molecule has 3 rings (SSSR count). The first-order chi connectivity index (χ1) is 10.2. The predicted molar refractivity (Wildman–Crippen MR) is 75.7 cm³/mol. The van der Waals surface area contributed by atoms with Crippen LogP contribution in [0, 0.1) is 0 Å². The highest BCUT2D eigenvalue weighted by Crippen LogP contribution is 2.10. The van der Waals surface area contributed by atoms with Gasteiger partial charge in [0, 0.05) is 38.6 Å². The summed E-state index contributed by atoms with van der Waals surface area (Å²) >= 11 is 0. The van der Waals surface area contributed by atoms with E-state index in [1.807, 2.05) is 18.5 Å². The molecule has 2 aromatic heterocycles. The second kappa shape index (κ2) is 5.87. The lowest BCUT2D eigenvalue weighted by Crippen LogP contribution is -2.50. The van der Waals surface area contributed by atoms with Gasteiger partial charge >= 0.3 is 0 Å². The number of nitrogens with zero attached hydrogens (tertiary/aromatic N) is 2. The maximum Gasteiger partial charge on any atom is 0.289 e. The number of amides is 2.